The minimum Gasteiger partial charge on any atom is -0.495 e. The lowest BCUT2D eigenvalue weighted by molar-refractivity contribution is -0.142. The molecule has 0 radical (unpaired) electrons. The third-order valence-electron chi connectivity index (χ3n) is 4.34. The average Bonchev–Trinajstić information content (AvgIpc) is 2.80. The Morgan fingerprint density at radius 3 is 2.75 bits per heavy atom. The van der Waals surface area contributed by atoms with Crippen LogP contribution in [0, 0.1) is 11.8 Å². The maximum absolute atomic E-state index is 12.4. The van der Waals surface area contributed by atoms with E-state index in [1.54, 1.807) is 30.3 Å². The minimum atomic E-state index is -0.450. The van der Waals surface area contributed by atoms with E-state index in [1.165, 1.54) is 7.11 Å². The lowest BCUT2D eigenvalue weighted by atomic mass is 9.85. The summed E-state index contributed by atoms with van der Waals surface area (Å²) in [5.74, 6) is -1.42. The number of benzene rings is 1. The predicted molar refractivity (Wildman–Crippen MR) is 88.5 cm³/mol. The van der Waals surface area contributed by atoms with Crippen molar-refractivity contribution in [1.82, 2.24) is 4.90 Å². The summed E-state index contributed by atoms with van der Waals surface area (Å²) < 4.78 is 5.16. The Bertz CT molecular complexity index is 731. The molecule has 1 N–H and O–H groups in total. The van der Waals surface area contributed by atoms with Crippen molar-refractivity contribution in [3.8, 4) is 5.75 Å². The van der Waals surface area contributed by atoms with E-state index in [9.17, 15) is 14.4 Å². The molecule has 24 heavy (non-hydrogen) atoms. The molecule has 0 aromatic heterocycles. The summed E-state index contributed by atoms with van der Waals surface area (Å²) in [4.78, 5) is 38.1. The molecule has 0 bridgehead atoms. The first-order valence-electron chi connectivity index (χ1n) is 7.64. The van der Waals surface area contributed by atoms with Gasteiger partial charge in [-0.1, -0.05) is 29.8 Å². The zero-order valence-electron chi connectivity index (χ0n) is 13.1. The van der Waals surface area contributed by atoms with Crippen molar-refractivity contribution in [2.45, 2.75) is 12.8 Å². The molecule has 1 aliphatic heterocycles. The number of nitrogens with one attached hydrogen (secondary N) is 1. The number of anilines is 1. The smallest absolute Gasteiger partial charge is 0.244 e. The molecule has 126 valence electrons. The molecule has 3 rings (SSSR count). The zero-order valence-corrected chi connectivity index (χ0v) is 13.9. The van der Waals surface area contributed by atoms with E-state index in [4.69, 9.17) is 16.3 Å². The van der Waals surface area contributed by atoms with E-state index in [0.29, 0.717) is 29.3 Å². The molecule has 1 fully saturated rings. The minimum absolute atomic E-state index is 0.305. The number of carbonyl (C=O) groups is 3. The molecule has 1 aliphatic carbocycles. The molecule has 6 nitrogen and oxygen atoms in total. The Kier molecular flexibility index (Phi) is 4.57. The molecule has 1 saturated heterocycles. The number of carbonyl (C=O) groups excluding carboxylic acids is 3. The second kappa shape index (κ2) is 6.65. The average molecular weight is 349 g/mol. The van der Waals surface area contributed by atoms with Crippen LogP contribution >= 0.6 is 11.6 Å². The summed E-state index contributed by atoms with van der Waals surface area (Å²) in [6.45, 7) is -0.305. The fourth-order valence-electron chi connectivity index (χ4n) is 3.13. The van der Waals surface area contributed by atoms with Crippen LogP contribution in [0.4, 0.5) is 5.69 Å². The number of hydrogen-bond acceptors (Lipinski definition) is 4. The Morgan fingerprint density at radius 2 is 2.00 bits per heavy atom. The van der Waals surface area contributed by atoms with E-state index >= 15 is 0 Å². The third-order valence-corrected chi connectivity index (χ3v) is 4.65. The normalized spacial score (nSPS) is 22.9. The van der Waals surface area contributed by atoms with Crippen molar-refractivity contribution in [1.29, 1.82) is 0 Å². The molecule has 0 saturated carbocycles. The maximum atomic E-state index is 12.4. The van der Waals surface area contributed by atoms with Crippen LogP contribution in [-0.4, -0.2) is 36.3 Å². The number of nitrogens with zero attached hydrogens (tertiary/aromatic N) is 1. The van der Waals surface area contributed by atoms with E-state index in [1.807, 2.05) is 0 Å². The Labute approximate surface area is 144 Å². The highest BCUT2D eigenvalue weighted by Crippen LogP contribution is 2.38. The van der Waals surface area contributed by atoms with Crippen LogP contribution in [0.3, 0.4) is 0 Å². The first-order valence-corrected chi connectivity index (χ1v) is 8.01. The molecule has 2 aliphatic rings. The molecular weight excluding hydrogens is 332 g/mol. The van der Waals surface area contributed by atoms with Crippen LogP contribution in [0.2, 0.25) is 0 Å². The molecule has 7 heteroatoms. The number of likely N-dealkylation sites (tertiary alicyclic amines) is 1. The quantitative estimate of drug-likeness (QED) is 0.846. The first-order chi connectivity index (χ1) is 11.5. The molecule has 1 heterocycles. The topological polar surface area (TPSA) is 75.7 Å². The van der Waals surface area contributed by atoms with Gasteiger partial charge >= 0.3 is 0 Å². The van der Waals surface area contributed by atoms with Gasteiger partial charge in [-0.3, -0.25) is 19.3 Å². The van der Waals surface area contributed by atoms with Crippen LogP contribution in [0.1, 0.15) is 12.8 Å². The Balaban J connectivity index is 1.69. The number of hydrogen-bond donors (Lipinski definition) is 1. The molecular formula is C17H17ClN2O4. The number of rotatable bonds is 4. The van der Waals surface area contributed by atoms with Crippen molar-refractivity contribution in [3.63, 3.8) is 0 Å². The van der Waals surface area contributed by atoms with Gasteiger partial charge in [0.25, 0.3) is 0 Å². The number of methoxy groups -OCH3 is 1. The van der Waals surface area contributed by atoms with Crippen molar-refractivity contribution in [2.24, 2.45) is 11.8 Å². The number of halogens is 1. The van der Waals surface area contributed by atoms with Gasteiger partial charge in [0.2, 0.25) is 17.7 Å². The fourth-order valence-corrected chi connectivity index (χ4v) is 3.39. The zero-order chi connectivity index (χ0) is 17.3. The van der Waals surface area contributed by atoms with Gasteiger partial charge in [0.05, 0.1) is 24.6 Å². The van der Waals surface area contributed by atoms with Gasteiger partial charge in [-0.15, -0.1) is 0 Å². The van der Waals surface area contributed by atoms with E-state index in [0.717, 1.165) is 4.90 Å². The number of ether oxygens (including phenoxy) is 1. The second-order valence-corrected chi connectivity index (χ2v) is 6.30. The number of allylic oxidation sites excluding steroid dienone is 2. The summed E-state index contributed by atoms with van der Waals surface area (Å²) in [6, 6.07) is 6.94. The highest BCUT2D eigenvalue weighted by Gasteiger charge is 2.48. The summed E-state index contributed by atoms with van der Waals surface area (Å²) >= 11 is 5.98. The number of amides is 3. The van der Waals surface area contributed by atoms with E-state index in [2.05, 4.69) is 5.32 Å². The third kappa shape index (κ3) is 3.01. The largest absolute Gasteiger partial charge is 0.495 e. The van der Waals surface area contributed by atoms with Crippen LogP contribution in [0.15, 0.2) is 35.4 Å². The van der Waals surface area contributed by atoms with Crippen LogP contribution in [0.25, 0.3) is 0 Å². The number of fused-ring (bicyclic) bond motifs is 1. The van der Waals surface area contributed by atoms with E-state index < -0.39 is 17.7 Å². The van der Waals surface area contributed by atoms with Crippen LogP contribution in [-0.2, 0) is 14.4 Å². The molecule has 1 aromatic rings. The summed E-state index contributed by atoms with van der Waals surface area (Å²) in [5.41, 5.74) is 0.492. The number of para-hydroxylation sites is 2. The monoisotopic (exact) mass is 348 g/mol. The lowest BCUT2D eigenvalue weighted by Gasteiger charge is -2.17. The van der Waals surface area contributed by atoms with Gasteiger partial charge in [-0.2, -0.15) is 0 Å². The van der Waals surface area contributed by atoms with Gasteiger partial charge in [0.15, 0.2) is 0 Å². The molecule has 3 amide bonds. The van der Waals surface area contributed by atoms with Crippen molar-refractivity contribution >= 4 is 35.0 Å². The molecule has 2 atom stereocenters. The lowest BCUT2D eigenvalue weighted by Crippen LogP contribution is -2.38. The van der Waals surface area contributed by atoms with Gasteiger partial charge in [-0.05, 0) is 25.0 Å². The van der Waals surface area contributed by atoms with Gasteiger partial charge in [-0.25, -0.2) is 0 Å². The first kappa shape index (κ1) is 16.5. The van der Waals surface area contributed by atoms with Gasteiger partial charge in [0.1, 0.15) is 12.3 Å². The predicted octanol–water partition coefficient (Wildman–Crippen LogP) is 2.15. The van der Waals surface area contributed by atoms with Crippen LogP contribution in [0.5, 0.6) is 5.75 Å². The highest BCUT2D eigenvalue weighted by atomic mass is 35.5. The van der Waals surface area contributed by atoms with Gasteiger partial charge in [0, 0.05) is 5.03 Å². The summed E-state index contributed by atoms with van der Waals surface area (Å²) in [6.07, 6.45) is 2.58. The van der Waals surface area contributed by atoms with Gasteiger partial charge < -0.3 is 10.1 Å². The fraction of sp³-hybridized carbons (Fsp3) is 0.353. The van der Waals surface area contributed by atoms with Crippen molar-refractivity contribution in [3.05, 3.63) is 35.4 Å². The Hall–Kier alpha value is -2.34. The standard InChI is InChI=1S/C17H17ClN2O4/c1-24-14-5-3-2-4-13(14)19-15(21)9-20-16(22)11-7-6-10(18)8-12(11)17(20)23/h2-6,11-12H,7-9H2,1H3,(H,19,21). The van der Waals surface area contributed by atoms with Crippen LogP contribution < -0.4 is 10.1 Å². The number of imide groups is 1. The second-order valence-electron chi connectivity index (χ2n) is 5.81. The van der Waals surface area contributed by atoms with Crippen molar-refractivity contribution < 1.29 is 19.1 Å². The molecule has 2 unspecified atom stereocenters. The molecule has 0 spiro atoms. The highest BCUT2D eigenvalue weighted by molar-refractivity contribution is 6.30. The maximum Gasteiger partial charge on any atom is 0.244 e. The Morgan fingerprint density at radius 1 is 1.29 bits per heavy atom. The molecule has 1 aromatic carbocycles. The summed E-state index contributed by atoms with van der Waals surface area (Å²) in [7, 11) is 1.50. The summed E-state index contributed by atoms with van der Waals surface area (Å²) in [5, 5.41) is 3.27. The van der Waals surface area contributed by atoms with Crippen molar-refractivity contribution in [2.75, 3.05) is 19.0 Å². The SMILES string of the molecule is COc1ccccc1NC(=O)CN1C(=O)C2CC=C(Cl)CC2C1=O. The van der Waals surface area contributed by atoms with E-state index in [-0.39, 0.29) is 18.4 Å².